The lowest BCUT2D eigenvalue weighted by molar-refractivity contribution is -0.673. The Labute approximate surface area is 118 Å². The molecule has 0 aliphatic rings. The van der Waals surface area contributed by atoms with Crippen LogP contribution in [0.4, 0.5) is 11.4 Å². The first-order chi connectivity index (χ1) is 9.65. The molecular formula is C17H20N3+. The molecule has 20 heavy (non-hydrogen) atoms. The molecule has 3 rings (SSSR count). The average Bonchev–Trinajstić information content (AvgIpc) is 2.45. The van der Waals surface area contributed by atoms with Crippen LogP contribution >= 0.6 is 0 Å². The van der Waals surface area contributed by atoms with Gasteiger partial charge in [-0.05, 0) is 31.2 Å². The molecule has 0 aliphatic carbocycles. The molecule has 102 valence electrons. The molecule has 0 spiro atoms. The van der Waals surface area contributed by atoms with Gasteiger partial charge in [-0.2, -0.15) is 4.57 Å². The first-order valence-corrected chi connectivity index (χ1v) is 7.08. The number of anilines is 2. The molecule has 0 radical (unpaired) electrons. The van der Waals surface area contributed by atoms with Gasteiger partial charge in [-0.1, -0.05) is 13.0 Å². The predicted octanol–water partition coefficient (Wildman–Crippen LogP) is 3.03. The number of nitrogens with zero attached hydrogens (tertiary/aromatic N) is 1. The Bertz CT molecular complexity index is 738. The fourth-order valence-electron chi connectivity index (χ4n) is 3.07. The summed E-state index contributed by atoms with van der Waals surface area (Å²) in [5.74, 6) is 0. The molecule has 0 saturated heterocycles. The molecule has 1 aromatic heterocycles. The number of hydrogen-bond acceptors (Lipinski definition) is 2. The van der Waals surface area contributed by atoms with Gasteiger partial charge in [-0.25, -0.2) is 0 Å². The smallest absolute Gasteiger partial charge is 0.215 e. The maximum Gasteiger partial charge on any atom is 0.215 e. The number of nitrogen functional groups attached to an aromatic ring is 2. The van der Waals surface area contributed by atoms with E-state index in [1.807, 2.05) is 12.1 Å². The molecule has 0 bridgehead atoms. The minimum atomic E-state index is 0.802. The SMILES string of the molecule is CCc1c2cc(N)ccc2c2ccc(N)cc2[n+]1CC. The summed E-state index contributed by atoms with van der Waals surface area (Å²) in [5, 5.41) is 3.72. The summed E-state index contributed by atoms with van der Waals surface area (Å²) in [5.41, 5.74) is 16.1. The Kier molecular flexibility index (Phi) is 2.97. The normalized spacial score (nSPS) is 11.3. The molecule has 0 aliphatic heterocycles. The first kappa shape index (κ1) is 12.7. The third-order valence-electron chi connectivity index (χ3n) is 3.93. The van der Waals surface area contributed by atoms with E-state index in [0.717, 1.165) is 24.3 Å². The van der Waals surface area contributed by atoms with Crippen molar-refractivity contribution in [3.63, 3.8) is 0 Å². The number of fused-ring (bicyclic) bond motifs is 3. The number of nitrogens with two attached hydrogens (primary N) is 2. The monoisotopic (exact) mass is 266 g/mol. The van der Waals surface area contributed by atoms with Crippen LogP contribution in [0.3, 0.4) is 0 Å². The zero-order valence-corrected chi connectivity index (χ0v) is 12.0. The van der Waals surface area contributed by atoms with Crippen molar-refractivity contribution in [2.24, 2.45) is 0 Å². The van der Waals surface area contributed by atoms with Crippen LogP contribution in [0.1, 0.15) is 19.5 Å². The summed E-state index contributed by atoms with van der Waals surface area (Å²) in [6.45, 7) is 5.27. The quantitative estimate of drug-likeness (QED) is 0.425. The maximum absolute atomic E-state index is 5.98. The topological polar surface area (TPSA) is 55.9 Å². The number of aryl methyl sites for hydroxylation is 2. The van der Waals surface area contributed by atoms with Crippen LogP contribution in [0, 0.1) is 0 Å². The van der Waals surface area contributed by atoms with Gasteiger partial charge in [0.05, 0.1) is 10.8 Å². The van der Waals surface area contributed by atoms with Crippen molar-refractivity contribution in [3.8, 4) is 0 Å². The Morgan fingerprint density at radius 3 is 2.15 bits per heavy atom. The van der Waals surface area contributed by atoms with Crippen molar-refractivity contribution in [1.82, 2.24) is 0 Å². The molecule has 0 fully saturated rings. The number of pyridine rings is 1. The van der Waals surface area contributed by atoms with E-state index in [1.54, 1.807) is 0 Å². The third-order valence-corrected chi connectivity index (χ3v) is 3.93. The fraction of sp³-hybridized carbons (Fsp3) is 0.235. The molecule has 0 unspecified atom stereocenters. The van der Waals surface area contributed by atoms with Gasteiger partial charge in [0.1, 0.15) is 6.54 Å². The maximum atomic E-state index is 5.98. The van der Waals surface area contributed by atoms with E-state index in [4.69, 9.17) is 11.5 Å². The molecule has 4 N–H and O–H groups in total. The summed E-state index contributed by atoms with van der Waals surface area (Å²) in [4.78, 5) is 0. The zero-order valence-electron chi connectivity index (χ0n) is 12.0. The molecule has 3 nitrogen and oxygen atoms in total. The van der Waals surface area contributed by atoms with E-state index >= 15 is 0 Å². The minimum Gasteiger partial charge on any atom is -0.399 e. The molecule has 0 amide bonds. The van der Waals surface area contributed by atoms with Crippen molar-refractivity contribution < 1.29 is 4.57 Å². The fourth-order valence-corrected chi connectivity index (χ4v) is 3.07. The highest BCUT2D eigenvalue weighted by molar-refractivity contribution is 6.06. The van der Waals surface area contributed by atoms with Crippen LogP contribution in [0.25, 0.3) is 21.7 Å². The third kappa shape index (κ3) is 1.78. The second kappa shape index (κ2) is 4.67. The summed E-state index contributed by atoms with van der Waals surface area (Å²) in [6.07, 6.45) is 0.971. The van der Waals surface area contributed by atoms with E-state index in [1.165, 1.54) is 27.4 Å². The lowest BCUT2D eigenvalue weighted by Gasteiger charge is -2.10. The lowest BCUT2D eigenvalue weighted by atomic mass is 10.0. The highest BCUT2D eigenvalue weighted by Crippen LogP contribution is 2.28. The Morgan fingerprint density at radius 1 is 0.850 bits per heavy atom. The van der Waals surface area contributed by atoms with Crippen molar-refractivity contribution >= 4 is 33.1 Å². The zero-order chi connectivity index (χ0) is 14.3. The summed E-state index contributed by atoms with van der Waals surface area (Å²) >= 11 is 0. The van der Waals surface area contributed by atoms with Crippen LogP contribution in [-0.4, -0.2) is 0 Å². The number of aromatic nitrogens is 1. The van der Waals surface area contributed by atoms with Crippen molar-refractivity contribution in [2.75, 3.05) is 11.5 Å². The highest BCUT2D eigenvalue weighted by atomic mass is 15.0. The van der Waals surface area contributed by atoms with Gasteiger partial charge in [-0.15, -0.1) is 0 Å². The molecule has 3 aromatic rings. The molecule has 0 saturated carbocycles. The predicted molar refractivity (Wildman–Crippen MR) is 85.5 cm³/mol. The number of benzene rings is 2. The molecular weight excluding hydrogens is 246 g/mol. The van der Waals surface area contributed by atoms with Crippen LogP contribution < -0.4 is 16.0 Å². The number of hydrogen-bond donors (Lipinski definition) is 2. The minimum absolute atomic E-state index is 0.802. The van der Waals surface area contributed by atoms with Gasteiger partial charge in [-0.3, -0.25) is 0 Å². The van der Waals surface area contributed by atoms with Crippen LogP contribution in [0.2, 0.25) is 0 Å². The van der Waals surface area contributed by atoms with E-state index in [0.29, 0.717) is 0 Å². The van der Waals surface area contributed by atoms with Crippen molar-refractivity contribution in [1.29, 1.82) is 0 Å². The lowest BCUT2D eigenvalue weighted by Crippen LogP contribution is -2.38. The second-order valence-electron chi connectivity index (χ2n) is 5.13. The average molecular weight is 266 g/mol. The van der Waals surface area contributed by atoms with Gasteiger partial charge in [0.25, 0.3) is 0 Å². The Hall–Kier alpha value is -2.29. The van der Waals surface area contributed by atoms with E-state index in [2.05, 4.69) is 42.7 Å². The van der Waals surface area contributed by atoms with Gasteiger partial charge < -0.3 is 11.5 Å². The van der Waals surface area contributed by atoms with Crippen LogP contribution in [-0.2, 0) is 13.0 Å². The number of rotatable bonds is 2. The largest absolute Gasteiger partial charge is 0.399 e. The van der Waals surface area contributed by atoms with Crippen molar-refractivity contribution in [2.45, 2.75) is 26.8 Å². The first-order valence-electron chi connectivity index (χ1n) is 7.08. The standard InChI is InChI=1S/C17H19N3/c1-3-16-15-9-11(18)5-7-13(15)14-8-6-12(19)10-17(14)20(16)4-2/h5-10,19H,3-4,18H2,1-2H3/p+1. The van der Waals surface area contributed by atoms with Gasteiger partial charge >= 0.3 is 0 Å². The van der Waals surface area contributed by atoms with E-state index in [-0.39, 0.29) is 0 Å². The van der Waals surface area contributed by atoms with Gasteiger partial charge in [0.15, 0.2) is 5.69 Å². The molecule has 0 atom stereocenters. The van der Waals surface area contributed by atoms with Gasteiger partial charge in [0, 0.05) is 29.2 Å². The molecule has 2 aromatic carbocycles. The highest BCUT2D eigenvalue weighted by Gasteiger charge is 2.19. The Morgan fingerprint density at radius 2 is 1.50 bits per heavy atom. The van der Waals surface area contributed by atoms with Crippen LogP contribution in [0.15, 0.2) is 36.4 Å². The summed E-state index contributed by atoms with van der Waals surface area (Å²) in [7, 11) is 0. The second-order valence-corrected chi connectivity index (χ2v) is 5.13. The van der Waals surface area contributed by atoms with E-state index in [9.17, 15) is 0 Å². The summed E-state index contributed by atoms with van der Waals surface area (Å²) < 4.78 is 2.34. The van der Waals surface area contributed by atoms with Crippen molar-refractivity contribution in [3.05, 3.63) is 42.1 Å². The van der Waals surface area contributed by atoms with E-state index < -0.39 is 0 Å². The molecule has 3 heteroatoms. The van der Waals surface area contributed by atoms with Gasteiger partial charge in [0.2, 0.25) is 5.52 Å². The summed E-state index contributed by atoms with van der Waals surface area (Å²) in [6, 6.07) is 12.3. The Balaban J connectivity index is 2.60. The van der Waals surface area contributed by atoms with Crippen LogP contribution in [0.5, 0.6) is 0 Å². The molecule has 1 heterocycles.